The lowest BCUT2D eigenvalue weighted by molar-refractivity contribution is 0.101. The van der Waals surface area contributed by atoms with Gasteiger partial charge in [-0.15, -0.1) is 0 Å². The highest BCUT2D eigenvalue weighted by atomic mass is 16.5. The van der Waals surface area contributed by atoms with E-state index >= 15 is 0 Å². The summed E-state index contributed by atoms with van der Waals surface area (Å²) in [5.74, 6) is 0. The molecule has 3 nitrogen and oxygen atoms in total. The average molecular weight is 248 g/mol. The molecule has 0 bridgehead atoms. The van der Waals surface area contributed by atoms with Crippen molar-refractivity contribution in [2.45, 2.75) is 25.4 Å². The van der Waals surface area contributed by atoms with Crippen molar-refractivity contribution in [3.05, 3.63) is 35.4 Å². The zero-order valence-electron chi connectivity index (χ0n) is 11.6. The second-order valence-corrected chi connectivity index (χ2v) is 4.91. The van der Waals surface area contributed by atoms with Crippen molar-refractivity contribution in [3.8, 4) is 0 Å². The molecule has 1 aliphatic carbocycles. The average Bonchev–Trinajstić information content (AvgIpc) is 2.77. The molecule has 1 aromatic carbocycles. The molecule has 0 spiro atoms. The molecular weight excluding hydrogens is 224 g/mol. The van der Waals surface area contributed by atoms with E-state index in [1.165, 1.54) is 11.1 Å². The minimum absolute atomic E-state index is 0.438. The van der Waals surface area contributed by atoms with Crippen LogP contribution in [0.2, 0.25) is 0 Å². The summed E-state index contributed by atoms with van der Waals surface area (Å²) in [5, 5.41) is 3.46. The van der Waals surface area contributed by atoms with Gasteiger partial charge in [0.25, 0.3) is 0 Å². The van der Waals surface area contributed by atoms with Crippen LogP contribution in [0.25, 0.3) is 0 Å². The first kappa shape index (κ1) is 13.5. The maximum absolute atomic E-state index is 5.45. The molecule has 3 heteroatoms. The number of likely N-dealkylation sites (N-methyl/N-ethyl adjacent to an activating group) is 2. The van der Waals surface area contributed by atoms with E-state index in [0.29, 0.717) is 12.1 Å². The fraction of sp³-hybridized carbons (Fsp3) is 0.600. The Balaban J connectivity index is 2.02. The van der Waals surface area contributed by atoms with Crippen LogP contribution < -0.4 is 5.32 Å². The summed E-state index contributed by atoms with van der Waals surface area (Å²) in [4.78, 5) is 2.41. The van der Waals surface area contributed by atoms with Gasteiger partial charge < -0.3 is 10.1 Å². The predicted molar refractivity (Wildman–Crippen MR) is 74.9 cm³/mol. The van der Waals surface area contributed by atoms with Crippen molar-refractivity contribution in [1.29, 1.82) is 0 Å². The quantitative estimate of drug-likeness (QED) is 0.778. The second-order valence-electron chi connectivity index (χ2n) is 4.91. The molecule has 0 heterocycles. The van der Waals surface area contributed by atoms with Gasteiger partial charge in [-0.25, -0.2) is 0 Å². The van der Waals surface area contributed by atoms with Crippen LogP contribution in [0.15, 0.2) is 24.3 Å². The Bertz CT molecular complexity index is 381. The third-order valence-corrected chi connectivity index (χ3v) is 3.87. The van der Waals surface area contributed by atoms with Gasteiger partial charge in [0.1, 0.15) is 0 Å². The highest BCUT2D eigenvalue weighted by Crippen LogP contribution is 2.33. The third kappa shape index (κ3) is 2.74. The van der Waals surface area contributed by atoms with E-state index in [-0.39, 0.29) is 0 Å². The number of benzene rings is 1. The van der Waals surface area contributed by atoms with E-state index < -0.39 is 0 Å². The van der Waals surface area contributed by atoms with E-state index in [2.05, 4.69) is 48.6 Å². The minimum Gasteiger partial charge on any atom is -0.380 e. The molecule has 0 saturated heterocycles. The molecule has 1 N–H and O–H groups in total. The van der Waals surface area contributed by atoms with Crippen LogP contribution in [0.5, 0.6) is 0 Å². The Labute approximate surface area is 110 Å². The fourth-order valence-corrected chi connectivity index (χ4v) is 2.85. The van der Waals surface area contributed by atoms with Crippen molar-refractivity contribution < 1.29 is 4.74 Å². The molecular formula is C15H24N2O. The number of nitrogens with zero attached hydrogens (tertiary/aromatic N) is 1. The molecule has 2 atom stereocenters. The van der Waals surface area contributed by atoms with E-state index in [1.807, 2.05) is 6.92 Å². The molecule has 18 heavy (non-hydrogen) atoms. The molecule has 2 rings (SSSR count). The summed E-state index contributed by atoms with van der Waals surface area (Å²) in [5.41, 5.74) is 2.93. The first-order valence-corrected chi connectivity index (χ1v) is 6.81. The van der Waals surface area contributed by atoms with E-state index in [4.69, 9.17) is 4.74 Å². The van der Waals surface area contributed by atoms with Crippen molar-refractivity contribution in [2.75, 3.05) is 33.9 Å². The lowest BCUT2D eigenvalue weighted by atomic mass is 10.1. The number of hydrogen-bond donors (Lipinski definition) is 1. The van der Waals surface area contributed by atoms with E-state index in [9.17, 15) is 0 Å². The Morgan fingerprint density at radius 2 is 2.17 bits per heavy atom. The Kier molecular flexibility index (Phi) is 4.75. The van der Waals surface area contributed by atoms with Gasteiger partial charge in [-0.05, 0) is 38.6 Å². The summed E-state index contributed by atoms with van der Waals surface area (Å²) in [6.45, 7) is 4.65. The van der Waals surface area contributed by atoms with Crippen molar-refractivity contribution in [1.82, 2.24) is 10.2 Å². The summed E-state index contributed by atoms with van der Waals surface area (Å²) < 4.78 is 5.45. The van der Waals surface area contributed by atoms with Crippen LogP contribution in [0.1, 0.15) is 24.1 Å². The summed E-state index contributed by atoms with van der Waals surface area (Å²) in [6.07, 6.45) is 1.13. The largest absolute Gasteiger partial charge is 0.380 e. The highest BCUT2D eigenvalue weighted by Gasteiger charge is 2.33. The number of rotatable bonds is 6. The van der Waals surface area contributed by atoms with Gasteiger partial charge in [-0.2, -0.15) is 0 Å². The maximum Gasteiger partial charge on any atom is 0.0593 e. The van der Waals surface area contributed by atoms with Gasteiger partial charge in [-0.3, -0.25) is 4.90 Å². The van der Waals surface area contributed by atoms with Gasteiger partial charge in [0.2, 0.25) is 0 Å². The fourth-order valence-electron chi connectivity index (χ4n) is 2.85. The standard InChI is InChI=1S/C15H24N2O/c1-4-18-10-9-17(3)14-11-12-7-5-6-8-13(12)15(14)16-2/h5-8,14-16H,4,9-11H2,1-3H3. The lowest BCUT2D eigenvalue weighted by Crippen LogP contribution is -2.41. The van der Waals surface area contributed by atoms with Gasteiger partial charge in [-0.1, -0.05) is 24.3 Å². The first-order chi connectivity index (χ1) is 8.77. The molecule has 0 aliphatic heterocycles. The van der Waals surface area contributed by atoms with Crippen LogP contribution in [-0.4, -0.2) is 44.8 Å². The normalized spacial score (nSPS) is 22.4. The Morgan fingerprint density at radius 1 is 1.39 bits per heavy atom. The van der Waals surface area contributed by atoms with Crippen LogP contribution in [0, 0.1) is 0 Å². The molecule has 0 saturated carbocycles. The topological polar surface area (TPSA) is 24.5 Å². The zero-order valence-corrected chi connectivity index (χ0v) is 11.6. The van der Waals surface area contributed by atoms with Crippen LogP contribution in [0.3, 0.4) is 0 Å². The second kappa shape index (κ2) is 6.32. The van der Waals surface area contributed by atoms with Gasteiger partial charge >= 0.3 is 0 Å². The number of fused-ring (bicyclic) bond motifs is 1. The van der Waals surface area contributed by atoms with Crippen molar-refractivity contribution >= 4 is 0 Å². The molecule has 0 fully saturated rings. The van der Waals surface area contributed by atoms with Gasteiger partial charge in [0.15, 0.2) is 0 Å². The number of hydrogen-bond acceptors (Lipinski definition) is 3. The molecule has 100 valence electrons. The Hall–Kier alpha value is -0.900. The number of nitrogens with one attached hydrogen (secondary N) is 1. The maximum atomic E-state index is 5.45. The minimum atomic E-state index is 0.438. The first-order valence-electron chi connectivity index (χ1n) is 6.81. The van der Waals surface area contributed by atoms with Crippen molar-refractivity contribution in [3.63, 3.8) is 0 Å². The smallest absolute Gasteiger partial charge is 0.0593 e. The summed E-state index contributed by atoms with van der Waals surface area (Å²) in [7, 11) is 4.25. The van der Waals surface area contributed by atoms with E-state index in [1.54, 1.807) is 0 Å². The predicted octanol–water partition coefficient (Wildman–Crippen LogP) is 1.84. The van der Waals surface area contributed by atoms with Crippen molar-refractivity contribution in [2.24, 2.45) is 0 Å². The molecule has 0 radical (unpaired) electrons. The molecule has 1 aromatic rings. The van der Waals surface area contributed by atoms with Gasteiger partial charge in [0, 0.05) is 25.2 Å². The van der Waals surface area contributed by atoms with Gasteiger partial charge in [0.05, 0.1) is 6.61 Å². The van der Waals surface area contributed by atoms with Crippen LogP contribution in [-0.2, 0) is 11.2 Å². The summed E-state index contributed by atoms with van der Waals surface area (Å²) in [6, 6.07) is 9.73. The van der Waals surface area contributed by atoms with Crippen LogP contribution >= 0.6 is 0 Å². The SMILES string of the molecule is CCOCCN(C)C1Cc2ccccc2C1NC. The molecule has 0 amide bonds. The molecule has 0 aromatic heterocycles. The van der Waals surface area contributed by atoms with Crippen LogP contribution in [0.4, 0.5) is 0 Å². The number of ether oxygens (including phenoxy) is 1. The molecule has 2 unspecified atom stereocenters. The third-order valence-electron chi connectivity index (χ3n) is 3.87. The molecule has 1 aliphatic rings. The van der Waals surface area contributed by atoms with E-state index in [0.717, 1.165) is 26.2 Å². The summed E-state index contributed by atoms with van der Waals surface area (Å²) >= 11 is 0. The Morgan fingerprint density at radius 3 is 2.89 bits per heavy atom. The monoisotopic (exact) mass is 248 g/mol. The lowest BCUT2D eigenvalue weighted by Gasteiger charge is -2.29. The zero-order chi connectivity index (χ0) is 13.0. The highest BCUT2D eigenvalue weighted by molar-refractivity contribution is 5.37.